The number of nitro groups is 1. The van der Waals surface area contributed by atoms with Gasteiger partial charge < -0.3 is 15.3 Å². The number of anilines is 1. The molecule has 1 aromatic rings. The monoisotopic (exact) mass is 295 g/mol. The van der Waals surface area contributed by atoms with E-state index < -0.39 is 10.5 Å². The zero-order valence-corrected chi connectivity index (χ0v) is 12.7. The summed E-state index contributed by atoms with van der Waals surface area (Å²) in [6, 6.07) is 4.25. The van der Waals surface area contributed by atoms with Crippen LogP contribution in [0.15, 0.2) is 18.2 Å². The highest BCUT2D eigenvalue weighted by molar-refractivity contribution is 5.95. The minimum absolute atomic E-state index is 0.186. The van der Waals surface area contributed by atoms with Crippen molar-refractivity contribution in [3.05, 3.63) is 33.9 Å². The van der Waals surface area contributed by atoms with Crippen molar-refractivity contribution in [2.45, 2.75) is 25.9 Å². The SMILES string of the molecule is CCC(C)(O)CNc1ccc(C(=O)N(C)C)cc1[N+](=O)[O-]. The van der Waals surface area contributed by atoms with Gasteiger partial charge in [-0.25, -0.2) is 0 Å². The molecule has 0 aliphatic rings. The third kappa shape index (κ3) is 4.42. The lowest BCUT2D eigenvalue weighted by atomic mass is 10.0. The van der Waals surface area contributed by atoms with Crippen LogP contribution < -0.4 is 5.32 Å². The van der Waals surface area contributed by atoms with Gasteiger partial charge in [0.2, 0.25) is 0 Å². The van der Waals surface area contributed by atoms with Gasteiger partial charge in [-0.15, -0.1) is 0 Å². The van der Waals surface area contributed by atoms with Crippen molar-refractivity contribution >= 4 is 17.3 Å². The highest BCUT2D eigenvalue weighted by atomic mass is 16.6. The summed E-state index contributed by atoms with van der Waals surface area (Å²) in [6.07, 6.45) is 0.519. The Balaban J connectivity index is 3.06. The van der Waals surface area contributed by atoms with E-state index in [0.29, 0.717) is 6.42 Å². The van der Waals surface area contributed by atoms with E-state index in [1.165, 1.54) is 23.1 Å². The maximum absolute atomic E-state index is 11.8. The largest absolute Gasteiger partial charge is 0.388 e. The van der Waals surface area contributed by atoms with Gasteiger partial charge in [-0.05, 0) is 25.5 Å². The molecule has 0 fully saturated rings. The molecule has 1 amide bonds. The van der Waals surface area contributed by atoms with Gasteiger partial charge in [-0.2, -0.15) is 0 Å². The predicted molar refractivity (Wildman–Crippen MR) is 80.5 cm³/mol. The Labute approximate surface area is 123 Å². The van der Waals surface area contributed by atoms with E-state index in [9.17, 15) is 20.0 Å². The molecule has 7 heteroatoms. The number of amides is 1. The van der Waals surface area contributed by atoms with Crippen molar-refractivity contribution in [3.63, 3.8) is 0 Å². The lowest BCUT2D eigenvalue weighted by molar-refractivity contribution is -0.384. The van der Waals surface area contributed by atoms with Gasteiger partial charge in [-0.1, -0.05) is 6.92 Å². The standard InChI is InChI=1S/C14H21N3O4/c1-5-14(2,19)9-15-11-7-6-10(13(18)16(3)4)8-12(11)17(20)21/h6-8,15,19H,5,9H2,1-4H3. The average Bonchev–Trinajstić information content (AvgIpc) is 2.44. The third-order valence-electron chi connectivity index (χ3n) is 3.27. The minimum atomic E-state index is -0.952. The Kier molecular flexibility index (Phi) is 5.26. The third-order valence-corrected chi connectivity index (χ3v) is 3.27. The van der Waals surface area contributed by atoms with Gasteiger partial charge in [0.1, 0.15) is 5.69 Å². The van der Waals surface area contributed by atoms with Crippen LogP contribution in [0.1, 0.15) is 30.6 Å². The first-order chi connectivity index (χ1) is 9.68. The van der Waals surface area contributed by atoms with E-state index in [4.69, 9.17) is 0 Å². The summed E-state index contributed by atoms with van der Waals surface area (Å²) in [4.78, 5) is 23.8. The second-order valence-corrected chi connectivity index (χ2v) is 5.39. The molecule has 1 rings (SSSR count). The fourth-order valence-electron chi connectivity index (χ4n) is 1.63. The number of nitrogens with one attached hydrogen (secondary N) is 1. The normalized spacial score (nSPS) is 13.4. The van der Waals surface area contributed by atoms with Gasteiger partial charge in [0.25, 0.3) is 11.6 Å². The summed E-state index contributed by atoms with van der Waals surface area (Å²) < 4.78 is 0. The molecule has 116 valence electrons. The van der Waals surface area contributed by atoms with Gasteiger partial charge in [0.05, 0.1) is 10.5 Å². The molecular weight excluding hydrogens is 274 g/mol. The predicted octanol–water partition coefficient (Wildman–Crippen LogP) is 1.87. The van der Waals surface area contributed by atoms with E-state index in [1.54, 1.807) is 21.0 Å². The summed E-state index contributed by atoms with van der Waals surface area (Å²) in [5.41, 5.74) is -0.607. The van der Waals surface area contributed by atoms with Crippen molar-refractivity contribution in [3.8, 4) is 0 Å². The molecule has 21 heavy (non-hydrogen) atoms. The summed E-state index contributed by atoms with van der Waals surface area (Å²) in [6.45, 7) is 3.66. The molecule has 1 aromatic carbocycles. The van der Waals surface area contributed by atoms with Crippen LogP contribution in [-0.4, -0.2) is 47.1 Å². The highest BCUT2D eigenvalue weighted by Gasteiger charge is 2.22. The lowest BCUT2D eigenvalue weighted by Gasteiger charge is -2.22. The van der Waals surface area contributed by atoms with Gasteiger partial charge in [-0.3, -0.25) is 14.9 Å². The molecule has 0 radical (unpaired) electrons. The van der Waals surface area contributed by atoms with Crippen molar-refractivity contribution in [2.75, 3.05) is 26.0 Å². The van der Waals surface area contributed by atoms with Crippen molar-refractivity contribution < 1.29 is 14.8 Å². The molecule has 0 bridgehead atoms. The summed E-state index contributed by atoms with van der Waals surface area (Å²) >= 11 is 0. The molecular formula is C14H21N3O4. The molecule has 2 N–H and O–H groups in total. The molecule has 0 aromatic heterocycles. The Hall–Kier alpha value is -2.15. The molecule has 0 saturated carbocycles. The highest BCUT2D eigenvalue weighted by Crippen LogP contribution is 2.26. The van der Waals surface area contributed by atoms with Crippen LogP contribution in [0.2, 0.25) is 0 Å². The number of carbonyl (C=O) groups is 1. The molecule has 0 spiro atoms. The van der Waals surface area contributed by atoms with Crippen molar-refractivity contribution in [1.29, 1.82) is 0 Å². The summed E-state index contributed by atoms with van der Waals surface area (Å²) in [5.74, 6) is -0.301. The van der Waals surface area contributed by atoms with E-state index in [0.717, 1.165) is 0 Å². The van der Waals surface area contributed by atoms with Gasteiger partial charge in [0, 0.05) is 32.3 Å². The molecule has 0 heterocycles. The van der Waals surface area contributed by atoms with Crippen molar-refractivity contribution in [1.82, 2.24) is 4.90 Å². The first-order valence-electron chi connectivity index (χ1n) is 6.64. The fourth-order valence-corrected chi connectivity index (χ4v) is 1.63. The topological polar surface area (TPSA) is 95.7 Å². The van der Waals surface area contributed by atoms with E-state index >= 15 is 0 Å². The second-order valence-electron chi connectivity index (χ2n) is 5.39. The van der Waals surface area contributed by atoms with Crippen LogP contribution in [-0.2, 0) is 0 Å². The number of benzene rings is 1. The molecule has 1 unspecified atom stereocenters. The first kappa shape index (κ1) is 16.9. The van der Waals surface area contributed by atoms with Crippen LogP contribution in [0.4, 0.5) is 11.4 Å². The zero-order chi connectivity index (χ0) is 16.2. The molecule has 1 atom stereocenters. The quantitative estimate of drug-likeness (QED) is 0.617. The fraction of sp³-hybridized carbons (Fsp3) is 0.500. The maximum atomic E-state index is 11.8. The number of nitro benzene ring substituents is 1. The van der Waals surface area contributed by atoms with Crippen molar-refractivity contribution in [2.24, 2.45) is 0 Å². The Bertz CT molecular complexity index is 541. The minimum Gasteiger partial charge on any atom is -0.388 e. The van der Waals surface area contributed by atoms with Gasteiger partial charge >= 0.3 is 0 Å². The number of hydrogen-bond donors (Lipinski definition) is 2. The zero-order valence-electron chi connectivity index (χ0n) is 12.7. The van der Waals surface area contributed by atoms with Gasteiger partial charge in [0.15, 0.2) is 0 Å². The van der Waals surface area contributed by atoms with Crippen LogP contribution in [0.3, 0.4) is 0 Å². The number of aliphatic hydroxyl groups is 1. The maximum Gasteiger partial charge on any atom is 0.293 e. The summed E-state index contributed by atoms with van der Waals surface area (Å²) in [7, 11) is 3.16. The van der Waals surface area contributed by atoms with E-state index in [-0.39, 0.29) is 29.4 Å². The van der Waals surface area contributed by atoms with Crippen LogP contribution >= 0.6 is 0 Å². The Morgan fingerprint density at radius 2 is 2.10 bits per heavy atom. The number of hydrogen-bond acceptors (Lipinski definition) is 5. The second kappa shape index (κ2) is 6.53. The molecule has 0 aliphatic heterocycles. The average molecular weight is 295 g/mol. The Morgan fingerprint density at radius 1 is 1.48 bits per heavy atom. The van der Waals surface area contributed by atoms with E-state index in [1.807, 2.05) is 6.92 Å². The number of rotatable bonds is 6. The van der Waals surface area contributed by atoms with Crippen LogP contribution in [0.5, 0.6) is 0 Å². The molecule has 0 saturated heterocycles. The molecule has 7 nitrogen and oxygen atoms in total. The molecule has 0 aliphatic carbocycles. The number of nitrogens with zero attached hydrogens (tertiary/aromatic N) is 2. The van der Waals surface area contributed by atoms with E-state index in [2.05, 4.69) is 5.32 Å². The van der Waals surface area contributed by atoms with Crippen LogP contribution in [0, 0.1) is 10.1 Å². The number of carbonyl (C=O) groups excluding carboxylic acids is 1. The lowest BCUT2D eigenvalue weighted by Crippen LogP contribution is -2.32. The Morgan fingerprint density at radius 3 is 2.57 bits per heavy atom. The smallest absolute Gasteiger partial charge is 0.293 e. The first-order valence-corrected chi connectivity index (χ1v) is 6.64. The summed E-state index contributed by atoms with van der Waals surface area (Å²) in [5, 5.41) is 23.9. The van der Waals surface area contributed by atoms with Crippen LogP contribution in [0.25, 0.3) is 0 Å².